The SMILES string of the molecule is C/C(=N\OCCN1CCC2(CC1)CC2)c1ccc(OCC(=O)NCC2=CCOCC2)cc1. The molecule has 0 unspecified atom stereocenters. The predicted molar refractivity (Wildman–Crippen MR) is 124 cm³/mol. The zero-order valence-electron chi connectivity index (χ0n) is 19.1. The molecule has 2 aliphatic heterocycles. The number of benzene rings is 1. The molecular weight excluding hydrogens is 406 g/mol. The van der Waals surface area contributed by atoms with Crippen molar-refractivity contribution in [2.75, 3.05) is 52.6 Å². The van der Waals surface area contributed by atoms with Crippen molar-refractivity contribution in [1.29, 1.82) is 0 Å². The zero-order chi connectivity index (χ0) is 22.2. The Morgan fingerprint density at radius 1 is 1.19 bits per heavy atom. The summed E-state index contributed by atoms with van der Waals surface area (Å²) in [6.45, 7) is 7.77. The van der Waals surface area contributed by atoms with Crippen LogP contribution in [-0.4, -0.2) is 69.1 Å². The Labute approximate surface area is 190 Å². The van der Waals surface area contributed by atoms with E-state index in [-0.39, 0.29) is 12.5 Å². The van der Waals surface area contributed by atoms with Crippen molar-refractivity contribution >= 4 is 11.6 Å². The van der Waals surface area contributed by atoms with Gasteiger partial charge in [-0.25, -0.2) is 0 Å². The number of rotatable bonds is 10. The Morgan fingerprint density at radius 3 is 2.66 bits per heavy atom. The third kappa shape index (κ3) is 6.81. The molecule has 1 spiro atoms. The normalized spacial score (nSPS) is 20.5. The van der Waals surface area contributed by atoms with Gasteiger partial charge in [-0.3, -0.25) is 9.69 Å². The summed E-state index contributed by atoms with van der Waals surface area (Å²) in [7, 11) is 0. The molecule has 7 heteroatoms. The molecule has 0 bridgehead atoms. The van der Waals surface area contributed by atoms with Gasteiger partial charge < -0.3 is 19.6 Å². The summed E-state index contributed by atoms with van der Waals surface area (Å²) in [5, 5.41) is 7.15. The van der Waals surface area contributed by atoms with Crippen LogP contribution in [0, 0.1) is 5.41 Å². The lowest BCUT2D eigenvalue weighted by atomic mass is 9.94. The standard InChI is InChI=1S/C25H35N3O4/c1-20(27-32-17-14-28-12-10-25(8-9-25)11-13-28)22-2-4-23(5-3-22)31-19-24(29)26-18-21-6-15-30-16-7-21/h2-6H,7-19H2,1H3,(H,26,29)/b27-20+. The Bertz CT molecular complexity index is 820. The minimum atomic E-state index is -0.131. The molecule has 1 aliphatic carbocycles. The van der Waals surface area contributed by atoms with Gasteiger partial charge in [0.25, 0.3) is 5.91 Å². The molecule has 0 radical (unpaired) electrons. The van der Waals surface area contributed by atoms with Crippen LogP contribution < -0.4 is 10.1 Å². The lowest BCUT2D eigenvalue weighted by Gasteiger charge is -2.31. The first kappa shape index (κ1) is 22.8. The molecule has 1 amide bonds. The monoisotopic (exact) mass is 441 g/mol. The van der Waals surface area contributed by atoms with Crippen LogP contribution in [0.25, 0.3) is 0 Å². The summed E-state index contributed by atoms with van der Waals surface area (Å²) >= 11 is 0. The lowest BCUT2D eigenvalue weighted by Crippen LogP contribution is -2.36. The van der Waals surface area contributed by atoms with Gasteiger partial charge in [-0.1, -0.05) is 16.8 Å². The second-order valence-electron chi connectivity index (χ2n) is 9.13. The molecule has 174 valence electrons. The van der Waals surface area contributed by atoms with Gasteiger partial charge >= 0.3 is 0 Å². The van der Waals surface area contributed by atoms with Crippen molar-refractivity contribution in [3.63, 3.8) is 0 Å². The molecule has 1 saturated heterocycles. The van der Waals surface area contributed by atoms with Crippen LogP contribution in [0.3, 0.4) is 0 Å². The van der Waals surface area contributed by atoms with E-state index in [0.29, 0.717) is 30.9 Å². The van der Waals surface area contributed by atoms with E-state index in [2.05, 4.69) is 15.4 Å². The van der Waals surface area contributed by atoms with Crippen LogP contribution in [0.4, 0.5) is 0 Å². The summed E-state index contributed by atoms with van der Waals surface area (Å²) in [5.41, 5.74) is 3.72. The minimum Gasteiger partial charge on any atom is -0.484 e. The van der Waals surface area contributed by atoms with Gasteiger partial charge in [0, 0.05) is 13.1 Å². The molecule has 0 aromatic heterocycles. The molecule has 1 N–H and O–H groups in total. The van der Waals surface area contributed by atoms with E-state index in [9.17, 15) is 4.79 Å². The number of oxime groups is 1. The number of carbonyl (C=O) groups excluding carboxylic acids is 1. The Morgan fingerprint density at radius 2 is 1.97 bits per heavy atom. The molecule has 1 aromatic carbocycles. The van der Waals surface area contributed by atoms with E-state index in [1.165, 1.54) is 44.3 Å². The summed E-state index contributed by atoms with van der Waals surface area (Å²) in [6, 6.07) is 7.57. The van der Waals surface area contributed by atoms with Gasteiger partial charge in [0.05, 0.1) is 18.9 Å². The molecule has 3 aliphatic rings. The number of hydrogen-bond donors (Lipinski definition) is 1. The average Bonchev–Trinajstić information content (AvgIpc) is 3.60. The largest absolute Gasteiger partial charge is 0.484 e. The molecule has 1 aromatic rings. The number of hydrogen-bond acceptors (Lipinski definition) is 6. The fourth-order valence-corrected chi connectivity index (χ4v) is 4.22. The second-order valence-corrected chi connectivity index (χ2v) is 9.13. The molecule has 2 fully saturated rings. The van der Waals surface area contributed by atoms with E-state index in [4.69, 9.17) is 14.3 Å². The van der Waals surface area contributed by atoms with E-state index in [0.717, 1.165) is 30.8 Å². The lowest BCUT2D eigenvalue weighted by molar-refractivity contribution is -0.122. The van der Waals surface area contributed by atoms with Crippen molar-refractivity contribution in [3.8, 4) is 5.75 Å². The number of ether oxygens (including phenoxy) is 2. The van der Waals surface area contributed by atoms with Crippen LogP contribution in [0.5, 0.6) is 5.75 Å². The summed E-state index contributed by atoms with van der Waals surface area (Å²) < 4.78 is 10.9. The number of nitrogens with zero attached hydrogens (tertiary/aromatic N) is 2. The summed E-state index contributed by atoms with van der Waals surface area (Å²) in [5.74, 6) is 0.523. The Balaban J connectivity index is 1.12. The second kappa shape index (κ2) is 11.0. The number of carbonyl (C=O) groups is 1. The molecule has 7 nitrogen and oxygen atoms in total. The maximum atomic E-state index is 12.0. The maximum Gasteiger partial charge on any atom is 0.258 e. The van der Waals surface area contributed by atoms with Crippen molar-refractivity contribution in [2.45, 2.75) is 39.0 Å². The maximum absolute atomic E-state index is 12.0. The van der Waals surface area contributed by atoms with Gasteiger partial charge in [0.15, 0.2) is 6.61 Å². The highest BCUT2D eigenvalue weighted by Crippen LogP contribution is 2.53. The first-order valence-electron chi connectivity index (χ1n) is 11.8. The van der Waals surface area contributed by atoms with Crippen molar-refractivity contribution in [2.24, 2.45) is 10.6 Å². The first-order valence-corrected chi connectivity index (χ1v) is 11.8. The molecule has 2 heterocycles. The first-order chi connectivity index (χ1) is 15.6. The van der Waals surface area contributed by atoms with Crippen molar-refractivity contribution in [3.05, 3.63) is 41.5 Å². The number of likely N-dealkylation sites (tertiary alicyclic amines) is 1. The number of piperidine rings is 1. The van der Waals surface area contributed by atoms with Gasteiger partial charge in [-0.05, 0) is 87.4 Å². The summed E-state index contributed by atoms with van der Waals surface area (Å²) in [4.78, 5) is 20.0. The predicted octanol–water partition coefficient (Wildman–Crippen LogP) is 3.14. The fraction of sp³-hybridized carbons (Fsp3) is 0.600. The number of nitrogens with one attached hydrogen (secondary N) is 1. The van der Waals surface area contributed by atoms with Crippen molar-refractivity contribution < 1.29 is 19.1 Å². The Kier molecular flexibility index (Phi) is 7.81. The van der Waals surface area contributed by atoms with E-state index in [1.54, 1.807) is 0 Å². The van der Waals surface area contributed by atoms with Crippen LogP contribution >= 0.6 is 0 Å². The highest BCUT2D eigenvalue weighted by Gasteiger charge is 2.44. The van der Waals surface area contributed by atoms with E-state index >= 15 is 0 Å². The van der Waals surface area contributed by atoms with E-state index in [1.807, 2.05) is 37.3 Å². The topological polar surface area (TPSA) is 72.4 Å². The van der Waals surface area contributed by atoms with Crippen LogP contribution in [0.1, 0.15) is 44.6 Å². The zero-order valence-corrected chi connectivity index (χ0v) is 19.1. The van der Waals surface area contributed by atoms with Gasteiger partial charge in [0.1, 0.15) is 12.4 Å². The molecule has 1 saturated carbocycles. The van der Waals surface area contributed by atoms with E-state index < -0.39 is 0 Å². The van der Waals surface area contributed by atoms with Crippen LogP contribution in [0.2, 0.25) is 0 Å². The quantitative estimate of drug-likeness (QED) is 0.261. The smallest absolute Gasteiger partial charge is 0.258 e. The highest BCUT2D eigenvalue weighted by molar-refractivity contribution is 5.98. The molecule has 4 rings (SSSR count). The third-order valence-corrected chi connectivity index (χ3v) is 6.79. The molecular formula is C25H35N3O4. The Hall–Kier alpha value is -2.38. The number of amides is 1. The average molecular weight is 442 g/mol. The highest BCUT2D eigenvalue weighted by atomic mass is 16.6. The van der Waals surface area contributed by atoms with Gasteiger partial charge in [-0.15, -0.1) is 0 Å². The minimum absolute atomic E-state index is 0.00305. The molecule has 0 atom stereocenters. The van der Waals surface area contributed by atoms with Crippen molar-refractivity contribution in [1.82, 2.24) is 10.2 Å². The van der Waals surface area contributed by atoms with Crippen LogP contribution in [-0.2, 0) is 14.4 Å². The van der Waals surface area contributed by atoms with Gasteiger partial charge in [-0.2, -0.15) is 0 Å². The van der Waals surface area contributed by atoms with Gasteiger partial charge in [0.2, 0.25) is 0 Å². The fourth-order valence-electron chi connectivity index (χ4n) is 4.22. The third-order valence-electron chi connectivity index (χ3n) is 6.79. The summed E-state index contributed by atoms with van der Waals surface area (Å²) in [6.07, 6.45) is 8.45. The van der Waals surface area contributed by atoms with Crippen LogP contribution in [0.15, 0.2) is 41.1 Å². The molecule has 32 heavy (non-hydrogen) atoms.